The van der Waals surface area contributed by atoms with Gasteiger partial charge in [-0.1, -0.05) is 6.07 Å². The van der Waals surface area contributed by atoms with E-state index in [9.17, 15) is 19.5 Å². The maximum absolute atomic E-state index is 13.3. The highest BCUT2D eigenvalue weighted by Gasteiger charge is 2.52. The number of rotatable bonds is 7. The van der Waals surface area contributed by atoms with Crippen LogP contribution >= 0.6 is 0 Å². The lowest BCUT2D eigenvalue weighted by Crippen LogP contribution is -2.50. The van der Waals surface area contributed by atoms with Gasteiger partial charge in [-0.2, -0.15) is 5.10 Å². The molecule has 3 saturated carbocycles. The van der Waals surface area contributed by atoms with Crippen LogP contribution in [0.25, 0.3) is 5.65 Å². The minimum Gasteiger partial charge on any atom is -0.483 e. The van der Waals surface area contributed by atoms with Gasteiger partial charge in [0.1, 0.15) is 29.4 Å². The highest BCUT2D eigenvalue weighted by molar-refractivity contribution is 5.98. The van der Waals surface area contributed by atoms with Crippen LogP contribution in [0.5, 0.6) is 5.75 Å². The number of aliphatic carboxylic acids is 1. The molecule has 40 heavy (non-hydrogen) atoms. The smallest absolute Gasteiger partial charge is 0.309 e. The number of nitrogens with one attached hydrogen (secondary N) is 3. The second-order valence-electron chi connectivity index (χ2n) is 10.8. The Balaban J connectivity index is 1.14. The number of aromatic nitrogens is 3. The van der Waals surface area contributed by atoms with Gasteiger partial charge >= 0.3 is 5.97 Å². The molecule has 13 heteroatoms. The number of nitrogens with zero attached hydrogens (tertiary/aromatic N) is 4. The second-order valence-corrected chi connectivity index (χ2v) is 10.8. The van der Waals surface area contributed by atoms with Crippen molar-refractivity contribution in [3.63, 3.8) is 0 Å². The molecule has 2 amide bonds. The van der Waals surface area contributed by atoms with Gasteiger partial charge in [0, 0.05) is 25.2 Å². The van der Waals surface area contributed by atoms with Crippen molar-refractivity contribution in [2.24, 2.45) is 15.8 Å². The van der Waals surface area contributed by atoms with Gasteiger partial charge in [0.05, 0.1) is 11.6 Å². The average molecular weight is 548 g/mol. The molecule has 0 unspecified atom stereocenters. The number of ether oxygens (including phenoxy) is 1. The molecule has 0 spiro atoms. The molecule has 1 aromatic carbocycles. The van der Waals surface area contributed by atoms with Crippen LogP contribution in [0.3, 0.4) is 0 Å². The number of aliphatic imine (C=N–C) groups is 1. The molecule has 4 aliphatic rings. The fraction of sp³-hybridized carbons (Fsp3) is 0.407. The Bertz CT molecular complexity index is 1520. The molecular formula is C27H29N7O6. The Kier molecular flexibility index (Phi) is 6.37. The summed E-state index contributed by atoms with van der Waals surface area (Å²) in [6.45, 7) is 0.744. The molecule has 208 valence electrons. The Morgan fingerprint density at radius 1 is 1.00 bits per heavy atom. The molecule has 3 aromatic rings. The van der Waals surface area contributed by atoms with E-state index < -0.39 is 17.3 Å². The number of fused-ring (bicyclic) bond motifs is 5. The van der Waals surface area contributed by atoms with Gasteiger partial charge in [-0.05, 0) is 61.6 Å². The number of carboxylic acid groups (broad SMARTS) is 1. The highest BCUT2D eigenvalue weighted by atomic mass is 16.5. The fourth-order valence-corrected chi connectivity index (χ4v) is 5.93. The first-order valence-corrected chi connectivity index (χ1v) is 13.2. The van der Waals surface area contributed by atoms with Crippen molar-refractivity contribution < 1.29 is 29.4 Å². The van der Waals surface area contributed by atoms with Gasteiger partial charge in [0.2, 0.25) is 0 Å². The third-order valence-electron chi connectivity index (χ3n) is 8.53. The van der Waals surface area contributed by atoms with E-state index in [4.69, 9.17) is 9.94 Å². The van der Waals surface area contributed by atoms with Crippen molar-refractivity contribution in [3.8, 4) is 5.75 Å². The van der Waals surface area contributed by atoms with E-state index in [1.165, 1.54) is 16.8 Å². The maximum Gasteiger partial charge on any atom is 0.309 e. The number of amidine groups is 1. The lowest BCUT2D eigenvalue weighted by atomic mass is 9.53. The lowest BCUT2D eigenvalue weighted by molar-refractivity contribution is -0.158. The van der Waals surface area contributed by atoms with E-state index in [2.05, 4.69) is 25.7 Å². The van der Waals surface area contributed by atoms with Gasteiger partial charge in [0.15, 0.2) is 11.5 Å². The van der Waals surface area contributed by atoms with E-state index in [1.54, 1.807) is 24.3 Å². The molecule has 13 nitrogen and oxygen atoms in total. The van der Waals surface area contributed by atoms with Crippen LogP contribution in [0.15, 0.2) is 41.5 Å². The summed E-state index contributed by atoms with van der Waals surface area (Å²) in [5, 5.41) is 28.8. The first kappa shape index (κ1) is 25.7. The Morgan fingerprint density at radius 3 is 2.50 bits per heavy atom. The fourth-order valence-electron chi connectivity index (χ4n) is 5.93. The molecule has 2 aromatic heterocycles. The van der Waals surface area contributed by atoms with Gasteiger partial charge in [-0.3, -0.25) is 25.1 Å². The van der Waals surface area contributed by atoms with E-state index in [1.807, 2.05) is 5.48 Å². The van der Waals surface area contributed by atoms with E-state index in [-0.39, 0.29) is 41.7 Å². The first-order valence-electron chi connectivity index (χ1n) is 13.2. The minimum absolute atomic E-state index is 0.0731. The molecule has 7 rings (SSSR count). The van der Waals surface area contributed by atoms with E-state index in [0.29, 0.717) is 42.9 Å². The molecule has 3 fully saturated rings. The van der Waals surface area contributed by atoms with Crippen molar-refractivity contribution in [1.82, 2.24) is 30.7 Å². The summed E-state index contributed by atoms with van der Waals surface area (Å²) in [6, 6.07) is 8.33. The molecule has 0 radical (unpaired) electrons. The largest absolute Gasteiger partial charge is 0.483 e. The van der Waals surface area contributed by atoms with Crippen molar-refractivity contribution in [2.75, 3.05) is 13.2 Å². The summed E-state index contributed by atoms with van der Waals surface area (Å²) >= 11 is 0. The zero-order chi connectivity index (χ0) is 27.9. The summed E-state index contributed by atoms with van der Waals surface area (Å²) in [5.74, 6) is -0.703. The summed E-state index contributed by atoms with van der Waals surface area (Å²) in [7, 11) is 0. The second kappa shape index (κ2) is 9.90. The number of carbonyl (C=O) groups is 3. The summed E-state index contributed by atoms with van der Waals surface area (Å²) in [6.07, 6.45) is 5.69. The maximum atomic E-state index is 13.3. The summed E-state index contributed by atoms with van der Waals surface area (Å²) < 4.78 is 6.91. The predicted octanol–water partition coefficient (Wildman–Crippen LogP) is 2.22. The highest BCUT2D eigenvalue weighted by Crippen LogP contribution is 2.56. The van der Waals surface area contributed by atoms with Gasteiger partial charge in [-0.15, -0.1) is 0 Å². The van der Waals surface area contributed by atoms with Crippen molar-refractivity contribution >= 4 is 35.0 Å². The number of hydroxylamine groups is 1. The van der Waals surface area contributed by atoms with Crippen LogP contribution in [0.1, 0.15) is 65.1 Å². The minimum atomic E-state index is -0.712. The third-order valence-corrected chi connectivity index (χ3v) is 8.53. The van der Waals surface area contributed by atoms with Crippen molar-refractivity contribution in [3.05, 3.63) is 53.5 Å². The standard InChI is InChI=1S/C27H29N7O6/c35-23(28-13-16-1-2-20-17(11-16)31-21(33-39)14-40-20)18-12-19(34-22(32-18)3-10-30-34)24(36)29-15-26-4-7-27(8-5-26,9-6-26)25(37)38/h1-3,10-12,39H,4-9,13-15H2,(H,28,35)(H,29,36)(H,31,33)(H,37,38). The first-order chi connectivity index (χ1) is 19.3. The number of amides is 2. The van der Waals surface area contributed by atoms with E-state index in [0.717, 1.165) is 24.8 Å². The van der Waals surface area contributed by atoms with Crippen LogP contribution in [0.2, 0.25) is 0 Å². The summed E-state index contributed by atoms with van der Waals surface area (Å²) in [4.78, 5) is 46.8. The molecular weight excluding hydrogens is 518 g/mol. The van der Waals surface area contributed by atoms with Gasteiger partial charge < -0.3 is 20.5 Å². The molecule has 3 heterocycles. The van der Waals surface area contributed by atoms with Gasteiger partial charge in [-0.25, -0.2) is 14.5 Å². The molecule has 2 bridgehead atoms. The topological polar surface area (TPSA) is 180 Å². The summed E-state index contributed by atoms with van der Waals surface area (Å²) in [5.41, 5.74) is 3.17. The van der Waals surface area contributed by atoms with Crippen LogP contribution < -0.4 is 20.9 Å². The SMILES string of the molecule is O=C(NCc1ccc2c(c1)N=C(NO)CO2)c1cc(C(=O)NCC23CCC(C(=O)O)(CC2)CC3)n2nccc2n1. The lowest BCUT2D eigenvalue weighted by Gasteiger charge is -2.51. The number of hydrogen-bond acceptors (Lipinski definition) is 9. The number of carboxylic acids is 1. The zero-order valence-electron chi connectivity index (χ0n) is 21.6. The van der Waals surface area contributed by atoms with Crippen molar-refractivity contribution in [1.29, 1.82) is 0 Å². The Morgan fingerprint density at radius 2 is 1.77 bits per heavy atom. The average Bonchev–Trinajstić information content (AvgIpc) is 3.47. The predicted molar refractivity (Wildman–Crippen MR) is 141 cm³/mol. The van der Waals surface area contributed by atoms with Crippen LogP contribution in [-0.4, -0.2) is 61.7 Å². The van der Waals surface area contributed by atoms with Crippen LogP contribution in [-0.2, 0) is 11.3 Å². The Hall–Kier alpha value is -4.52. The monoisotopic (exact) mass is 547 g/mol. The van der Waals surface area contributed by atoms with Crippen molar-refractivity contribution in [2.45, 2.75) is 45.1 Å². The normalized spacial score (nSPS) is 23.1. The molecule has 0 saturated heterocycles. The van der Waals surface area contributed by atoms with E-state index >= 15 is 0 Å². The molecule has 5 N–H and O–H groups in total. The molecule has 1 aliphatic heterocycles. The number of carbonyl (C=O) groups excluding carboxylic acids is 2. The quantitative estimate of drug-likeness (QED) is 0.277. The number of hydrogen-bond donors (Lipinski definition) is 5. The van der Waals surface area contributed by atoms with Gasteiger partial charge in [0.25, 0.3) is 11.8 Å². The molecule has 0 atom stereocenters. The zero-order valence-corrected chi connectivity index (χ0v) is 21.6. The third kappa shape index (κ3) is 4.62. The number of benzene rings is 1. The van der Waals surface area contributed by atoms with Crippen LogP contribution in [0, 0.1) is 10.8 Å². The van der Waals surface area contributed by atoms with Crippen LogP contribution in [0.4, 0.5) is 5.69 Å². The Labute approximate surface area is 228 Å². The molecule has 3 aliphatic carbocycles.